The monoisotopic (exact) mass is 470 g/mol. The molecule has 174 valence electrons. The lowest BCUT2D eigenvalue weighted by Gasteiger charge is -2.36. The van der Waals surface area contributed by atoms with Crippen molar-refractivity contribution in [2.75, 3.05) is 20.3 Å². The summed E-state index contributed by atoms with van der Waals surface area (Å²) < 4.78 is 70.6. The maximum absolute atomic E-state index is 13.2. The van der Waals surface area contributed by atoms with Gasteiger partial charge in [0.1, 0.15) is 0 Å². The summed E-state index contributed by atoms with van der Waals surface area (Å²) in [6.45, 7) is 0.718. The molecule has 0 saturated carbocycles. The molecule has 3 rings (SSSR count). The van der Waals surface area contributed by atoms with Gasteiger partial charge in [-0.25, -0.2) is 13.1 Å². The fourth-order valence-corrected chi connectivity index (χ4v) is 4.53. The average Bonchev–Trinajstić information content (AvgIpc) is 2.78. The van der Waals surface area contributed by atoms with E-state index in [4.69, 9.17) is 4.74 Å². The molecule has 32 heavy (non-hydrogen) atoms. The minimum atomic E-state index is -4.50. The van der Waals surface area contributed by atoms with Gasteiger partial charge in [0.05, 0.1) is 16.7 Å². The van der Waals surface area contributed by atoms with E-state index in [1.807, 2.05) is 0 Å². The highest BCUT2D eigenvalue weighted by molar-refractivity contribution is 7.88. The molecule has 0 radical (unpaired) electrons. The molecular weight excluding hydrogens is 445 g/mol. The van der Waals surface area contributed by atoms with Crippen LogP contribution in [-0.4, -0.2) is 34.6 Å². The van der Waals surface area contributed by atoms with Gasteiger partial charge in [0.25, 0.3) is 0 Å². The number of halogens is 3. The van der Waals surface area contributed by atoms with Crippen molar-refractivity contribution in [1.29, 1.82) is 0 Å². The number of alkyl halides is 3. The quantitative estimate of drug-likeness (QED) is 0.651. The highest BCUT2D eigenvalue weighted by Gasteiger charge is 2.43. The van der Waals surface area contributed by atoms with E-state index in [0.717, 1.165) is 17.7 Å². The largest absolute Gasteiger partial charge is 0.416 e. The molecule has 1 aliphatic rings. The highest BCUT2D eigenvalue weighted by atomic mass is 32.2. The number of ether oxygens (including phenoxy) is 1. The van der Waals surface area contributed by atoms with E-state index in [2.05, 4.69) is 10.0 Å². The summed E-state index contributed by atoms with van der Waals surface area (Å²) in [4.78, 5) is 13.2. The summed E-state index contributed by atoms with van der Waals surface area (Å²) in [7, 11) is -2.05. The first kappa shape index (κ1) is 24.2. The molecule has 1 amide bonds. The van der Waals surface area contributed by atoms with Crippen LogP contribution in [0.2, 0.25) is 0 Å². The third-order valence-electron chi connectivity index (χ3n) is 5.67. The molecule has 0 aromatic heterocycles. The minimum Gasteiger partial charge on any atom is -0.381 e. The number of carbonyl (C=O) groups excluding carboxylic acids is 1. The summed E-state index contributed by atoms with van der Waals surface area (Å²) in [6.07, 6.45) is -3.94. The van der Waals surface area contributed by atoms with Gasteiger partial charge in [-0.1, -0.05) is 42.5 Å². The van der Waals surface area contributed by atoms with E-state index < -0.39 is 27.2 Å². The average molecular weight is 471 g/mol. The van der Waals surface area contributed by atoms with Crippen LogP contribution in [0.25, 0.3) is 0 Å². The van der Waals surface area contributed by atoms with Crippen molar-refractivity contribution < 1.29 is 31.1 Å². The zero-order valence-electron chi connectivity index (χ0n) is 17.5. The molecule has 0 spiro atoms. The fraction of sp³-hybridized carbons (Fsp3) is 0.409. The first-order chi connectivity index (χ1) is 15.1. The molecule has 0 unspecified atom stereocenters. The lowest BCUT2D eigenvalue weighted by atomic mass is 9.73. The molecule has 1 saturated heterocycles. The molecule has 2 aromatic carbocycles. The first-order valence-electron chi connectivity index (χ1n) is 10.1. The van der Waals surface area contributed by atoms with E-state index in [9.17, 15) is 26.4 Å². The van der Waals surface area contributed by atoms with Gasteiger partial charge in [-0.3, -0.25) is 4.79 Å². The molecule has 1 fully saturated rings. The van der Waals surface area contributed by atoms with Crippen molar-refractivity contribution >= 4 is 15.9 Å². The summed E-state index contributed by atoms with van der Waals surface area (Å²) in [5.41, 5.74) is -0.239. The Morgan fingerprint density at radius 2 is 1.69 bits per heavy atom. The van der Waals surface area contributed by atoms with Gasteiger partial charge in [-0.05, 0) is 42.6 Å². The van der Waals surface area contributed by atoms with E-state index in [-0.39, 0.29) is 44.3 Å². The van der Waals surface area contributed by atoms with Gasteiger partial charge in [0.15, 0.2) is 0 Å². The molecular formula is C22H25F3N2O4S. The molecule has 2 N–H and O–H groups in total. The Kier molecular flexibility index (Phi) is 7.26. The topological polar surface area (TPSA) is 84.5 Å². The second kappa shape index (κ2) is 9.60. The van der Waals surface area contributed by atoms with Gasteiger partial charge >= 0.3 is 6.18 Å². The Morgan fingerprint density at radius 3 is 2.28 bits per heavy atom. The van der Waals surface area contributed by atoms with Crippen molar-refractivity contribution in [3.63, 3.8) is 0 Å². The van der Waals surface area contributed by atoms with Gasteiger partial charge < -0.3 is 10.1 Å². The number of carbonyl (C=O) groups is 1. The van der Waals surface area contributed by atoms with E-state index in [1.165, 1.54) is 13.1 Å². The highest BCUT2D eigenvalue weighted by Crippen LogP contribution is 2.38. The number of sulfonamides is 1. The number of nitrogens with one attached hydrogen (secondary N) is 2. The van der Waals surface area contributed by atoms with Crippen molar-refractivity contribution in [2.24, 2.45) is 0 Å². The zero-order valence-corrected chi connectivity index (χ0v) is 18.4. The Hall–Kier alpha value is -2.43. The Bertz CT molecular complexity index is 1050. The number of hydrogen-bond donors (Lipinski definition) is 2. The van der Waals surface area contributed by atoms with E-state index in [0.29, 0.717) is 11.1 Å². The number of hydrogen-bond acceptors (Lipinski definition) is 4. The summed E-state index contributed by atoms with van der Waals surface area (Å²) >= 11 is 0. The van der Waals surface area contributed by atoms with Crippen molar-refractivity contribution in [3.8, 4) is 0 Å². The molecule has 6 nitrogen and oxygen atoms in total. The van der Waals surface area contributed by atoms with Crippen LogP contribution in [0.4, 0.5) is 13.2 Å². The molecule has 1 aliphatic heterocycles. The molecule has 0 aliphatic carbocycles. The van der Waals surface area contributed by atoms with Crippen molar-refractivity contribution in [1.82, 2.24) is 10.0 Å². The van der Waals surface area contributed by atoms with Crippen LogP contribution in [0, 0.1) is 0 Å². The van der Waals surface area contributed by atoms with E-state index >= 15 is 0 Å². The minimum absolute atomic E-state index is 0.158. The zero-order chi connectivity index (χ0) is 23.4. The number of amides is 1. The smallest absolute Gasteiger partial charge is 0.381 e. The normalized spacial score (nSPS) is 16.5. The molecule has 10 heteroatoms. The van der Waals surface area contributed by atoms with Gasteiger partial charge in [-0.15, -0.1) is 0 Å². The molecule has 2 aromatic rings. The van der Waals surface area contributed by atoms with Gasteiger partial charge in [0, 0.05) is 19.8 Å². The Morgan fingerprint density at radius 1 is 1.06 bits per heavy atom. The predicted octanol–water partition coefficient (Wildman–Crippen LogP) is 3.12. The summed E-state index contributed by atoms with van der Waals surface area (Å²) in [5, 5.41) is 2.84. The number of benzene rings is 2. The fourth-order valence-electron chi connectivity index (χ4n) is 3.76. The summed E-state index contributed by atoms with van der Waals surface area (Å²) in [5.74, 6) is -0.517. The van der Waals surface area contributed by atoms with Crippen LogP contribution >= 0.6 is 0 Å². The van der Waals surface area contributed by atoms with Crippen LogP contribution in [0.5, 0.6) is 0 Å². The predicted molar refractivity (Wildman–Crippen MR) is 113 cm³/mol. The van der Waals surface area contributed by atoms with Crippen LogP contribution in [0.15, 0.2) is 48.5 Å². The second-order valence-electron chi connectivity index (χ2n) is 7.74. The number of rotatable bonds is 7. The lowest BCUT2D eigenvalue weighted by molar-refractivity contribution is -0.138. The first-order valence-corrected chi connectivity index (χ1v) is 11.7. The van der Waals surface area contributed by atoms with E-state index in [1.54, 1.807) is 30.3 Å². The Labute approximate surface area is 185 Å². The van der Waals surface area contributed by atoms with Gasteiger partial charge in [0.2, 0.25) is 15.9 Å². The van der Waals surface area contributed by atoms with Crippen LogP contribution in [-0.2, 0) is 43.4 Å². The third-order valence-corrected chi connectivity index (χ3v) is 7.00. The maximum atomic E-state index is 13.2. The standard InChI is InChI=1S/C22H25F3N2O4S/c1-26-32(29,30)15-17-7-5-16(6-8-17)14-27-20(28)21(9-11-31-12-10-21)18-3-2-4-19(13-18)22(23,24)25/h2-8,13,26H,9-12,14-15H2,1H3,(H,27,28). The second-order valence-corrected chi connectivity index (χ2v) is 9.66. The van der Waals surface area contributed by atoms with Gasteiger partial charge in [-0.2, -0.15) is 13.2 Å². The van der Waals surface area contributed by atoms with Crippen LogP contribution in [0.3, 0.4) is 0 Å². The molecule has 0 bridgehead atoms. The molecule has 1 heterocycles. The third kappa shape index (κ3) is 5.67. The van der Waals surface area contributed by atoms with Crippen molar-refractivity contribution in [3.05, 3.63) is 70.8 Å². The maximum Gasteiger partial charge on any atom is 0.416 e. The van der Waals surface area contributed by atoms with Crippen LogP contribution in [0.1, 0.15) is 35.1 Å². The SMILES string of the molecule is CNS(=O)(=O)Cc1ccc(CNC(=O)C2(c3cccc(C(F)(F)F)c3)CCOCC2)cc1. The Balaban J connectivity index is 1.76. The van der Waals surface area contributed by atoms with Crippen molar-refractivity contribution in [2.45, 2.75) is 36.7 Å². The van der Waals surface area contributed by atoms with Crippen LogP contribution < -0.4 is 10.0 Å². The lowest BCUT2D eigenvalue weighted by Crippen LogP contribution is -2.47. The molecule has 0 atom stereocenters. The summed E-state index contributed by atoms with van der Waals surface area (Å²) in [6, 6.07) is 11.6.